The Morgan fingerprint density at radius 2 is 2.17 bits per heavy atom. The summed E-state index contributed by atoms with van der Waals surface area (Å²) in [5, 5.41) is 0. The third kappa shape index (κ3) is 2.62. The topological polar surface area (TPSA) is 64.8 Å². The Morgan fingerprint density at radius 1 is 1.50 bits per heavy atom. The van der Waals surface area contributed by atoms with Crippen LogP contribution in [0.4, 0.5) is 4.79 Å². The molecule has 0 radical (unpaired) electrons. The van der Waals surface area contributed by atoms with Crippen LogP contribution in [0.1, 0.15) is 27.2 Å². The van der Waals surface area contributed by atoms with Crippen LogP contribution in [0.5, 0.6) is 0 Å². The van der Waals surface area contributed by atoms with Gasteiger partial charge in [-0.15, -0.1) is 0 Å². The van der Waals surface area contributed by atoms with Crippen molar-refractivity contribution in [2.45, 2.75) is 32.8 Å². The Balaban J connectivity index is 1.90. The first kappa shape index (κ1) is 13.6. The second-order valence-electron chi connectivity index (χ2n) is 6.47. The maximum Gasteiger partial charge on any atom is 0.410 e. The Morgan fingerprint density at radius 3 is 2.72 bits per heavy atom. The molecule has 104 valence electrons. The highest BCUT2D eigenvalue weighted by molar-refractivity contribution is 5.69. The molecule has 0 saturated carbocycles. The molecule has 1 unspecified atom stereocenters. The maximum absolute atomic E-state index is 11.9. The minimum Gasteiger partial charge on any atom is -0.444 e. The van der Waals surface area contributed by atoms with Crippen molar-refractivity contribution in [2.75, 3.05) is 32.8 Å². The molecule has 2 fully saturated rings. The number of amides is 1. The normalized spacial score (nSPS) is 26.9. The Kier molecular flexibility index (Phi) is 3.56. The lowest BCUT2D eigenvalue weighted by Gasteiger charge is -2.55. The molecule has 0 aromatic carbocycles. The molecule has 5 nitrogen and oxygen atoms in total. The number of likely N-dealkylation sites (tertiary alicyclic amines) is 1. The summed E-state index contributed by atoms with van der Waals surface area (Å²) in [5.41, 5.74) is 5.46. The molecule has 0 aliphatic carbocycles. The van der Waals surface area contributed by atoms with E-state index in [9.17, 15) is 4.79 Å². The molecule has 2 saturated heterocycles. The van der Waals surface area contributed by atoms with Crippen molar-refractivity contribution in [3.63, 3.8) is 0 Å². The third-order valence-electron chi connectivity index (χ3n) is 3.81. The summed E-state index contributed by atoms with van der Waals surface area (Å²) in [7, 11) is 0. The molecule has 1 amide bonds. The van der Waals surface area contributed by atoms with Crippen molar-refractivity contribution in [1.82, 2.24) is 4.90 Å². The molecule has 0 aromatic heterocycles. The molecule has 0 aromatic rings. The second-order valence-corrected chi connectivity index (χ2v) is 6.47. The maximum atomic E-state index is 11.9. The number of ether oxygens (including phenoxy) is 2. The largest absolute Gasteiger partial charge is 0.444 e. The lowest BCUT2D eigenvalue weighted by molar-refractivity contribution is -0.131. The van der Waals surface area contributed by atoms with Gasteiger partial charge in [-0.25, -0.2) is 4.79 Å². The lowest BCUT2D eigenvalue weighted by atomic mass is 9.67. The zero-order valence-corrected chi connectivity index (χ0v) is 11.6. The molecule has 2 rings (SSSR count). The van der Waals surface area contributed by atoms with Crippen molar-refractivity contribution in [2.24, 2.45) is 17.1 Å². The van der Waals surface area contributed by atoms with E-state index in [1.807, 2.05) is 20.8 Å². The van der Waals surface area contributed by atoms with E-state index in [-0.39, 0.29) is 11.5 Å². The molecule has 2 aliphatic heterocycles. The number of nitrogens with two attached hydrogens (primary N) is 1. The second kappa shape index (κ2) is 4.70. The summed E-state index contributed by atoms with van der Waals surface area (Å²) >= 11 is 0. The Labute approximate surface area is 109 Å². The summed E-state index contributed by atoms with van der Waals surface area (Å²) in [4.78, 5) is 13.6. The zero-order valence-electron chi connectivity index (χ0n) is 11.6. The van der Waals surface area contributed by atoms with Crippen LogP contribution in [0.2, 0.25) is 0 Å². The summed E-state index contributed by atoms with van der Waals surface area (Å²) in [6.07, 6.45) is 0.771. The fraction of sp³-hybridized carbons (Fsp3) is 0.923. The first-order chi connectivity index (χ1) is 8.36. The smallest absolute Gasteiger partial charge is 0.410 e. The molecule has 0 bridgehead atoms. The number of hydrogen-bond acceptors (Lipinski definition) is 4. The molecule has 2 N–H and O–H groups in total. The number of carbonyl (C=O) groups excluding carboxylic acids is 1. The Hall–Kier alpha value is -0.810. The van der Waals surface area contributed by atoms with E-state index in [1.54, 1.807) is 4.90 Å². The minimum absolute atomic E-state index is 0.0733. The summed E-state index contributed by atoms with van der Waals surface area (Å²) < 4.78 is 10.9. The molecule has 1 spiro atoms. The summed E-state index contributed by atoms with van der Waals surface area (Å²) in [5.74, 6) is 0.463. The molecular formula is C13H24N2O3. The average molecular weight is 256 g/mol. The monoisotopic (exact) mass is 256 g/mol. The van der Waals surface area contributed by atoms with E-state index >= 15 is 0 Å². The van der Waals surface area contributed by atoms with Crippen LogP contribution in [-0.4, -0.2) is 49.4 Å². The van der Waals surface area contributed by atoms with Gasteiger partial charge in [0.05, 0.1) is 6.61 Å². The predicted octanol–water partition coefficient (Wildman–Crippen LogP) is 1.22. The quantitative estimate of drug-likeness (QED) is 0.766. The number of rotatable bonds is 1. The van der Waals surface area contributed by atoms with Crippen LogP contribution >= 0.6 is 0 Å². The van der Waals surface area contributed by atoms with Crippen LogP contribution in [0, 0.1) is 11.3 Å². The zero-order chi connectivity index (χ0) is 13.4. The highest BCUT2D eigenvalue weighted by Gasteiger charge is 2.52. The van der Waals surface area contributed by atoms with E-state index in [2.05, 4.69) is 0 Å². The van der Waals surface area contributed by atoms with Crippen LogP contribution < -0.4 is 5.73 Å². The van der Waals surface area contributed by atoms with E-state index in [1.165, 1.54) is 0 Å². The number of hydrogen-bond donors (Lipinski definition) is 1. The van der Waals surface area contributed by atoms with E-state index < -0.39 is 5.60 Å². The van der Waals surface area contributed by atoms with Gasteiger partial charge in [-0.05, 0) is 39.7 Å². The van der Waals surface area contributed by atoms with Gasteiger partial charge in [-0.3, -0.25) is 0 Å². The molecule has 2 aliphatic rings. The fourth-order valence-corrected chi connectivity index (χ4v) is 2.81. The van der Waals surface area contributed by atoms with Crippen molar-refractivity contribution in [3.05, 3.63) is 0 Å². The average Bonchev–Trinajstić information content (AvgIpc) is 2.23. The molecule has 2 heterocycles. The first-order valence-electron chi connectivity index (χ1n) is 6.62. The summed E-state index contributed by atoms with van der Waals surface area (Å²) in [6, 6.07) is 0. The summed E-state index contributed by atoms with van der Waals surface area (Å²) in [6.45, 7) is 9.25. The van der Waals surface area contributed by atoms with Gasteiger partial charge in [-0.2, -0.15) is 0 Å². The van der Waals surface area contributed by atoms with Crippen LogP contribution in [-0.2, 0) is 9.47 Å². The lowest BCUT2D eigenvalue weighted by Crippen LogP contribution is -2.66. The molecular weight excluding hydrogens is 232 g/mol. The van der Waals surface area contributed by atoms with Crippen molar-refractivity contribution < 1.29 is 14.3 Å². The molecule has 1 atom stereocenters. The predicted molar refractivity (Wildman–Crippen MR) is 68.2 cm³/mol. The van der Waals surface area contributed by atoms with Crippen molar-refractivity contribution >= 4 is 6.09 Å². The van der Waals surface area contributed by atoms with E-state index in [4.69, 9.17) is 15.2 Å². The van der Waals surface area contributed by atoms with Crippen molar-refractivity contribution in [3.8, 4) is 0 Å². The standard InChI is InChI=1S/C13H24N2O3/c1-12(2,3)18-11(16)15-7-13(8-15)9-17-5-4-10(13)6-14/h10H,4-9,14H2,1-3H3. The molecule has 5 heteroatoms. The van der Waals surface area contributed by atoms with Gasteiger partial charge in [0.2, 0.25) is 0 Å². The number of carbonyl (C=O) groups is 1. The van der Waals surface area contributed by atoms with Gasteiger partial charge < -0.3 is 20.1 Å². The SMILES string of the molecule is CC(C)(C)OC(=O)N1CC2(COCCC2CN)C1. The van der Waals surface area contributed by atoms with Gasteiger partial charge in [0.25, 0.3) is 0 Å². The fourth-order valence-electron chi connectivity index (χ4n) is 2.81. The molecule has 18 heavy (non-hydrogen) atoms. The van der Waals surface area contributed by atoms with Gasteiger partial charge in [0, 0.05) is 25.1 Å². The van der Waals surface area contributed by atoms with Gasteiger partial charge in [0.15, 0.2) is 0 Å². The van der Waals surface area contributed by atoms with E-state index in [0.717, 1.165) is 13.0 Å². The first-order valence-corrected chi connectivity index (χ1v) is 6.62. The van der Waals surface area contributed by atoms with Crippen molar-refractivity contribution in [1.29, 1.82) is 0 Å². The number of nitrogens with zero attached hydrogens (tertiary/aromatic N) is 1. The van der Waals surface area contributed by atoms with Gasteiger partial charge >= 0.3 is 6.09 Å². The van der Waals surface area contributed by atoms with Crippen LogP contribution in [0.25, 0.3) is 0 Å². The minimum atomic E-state index is -0.434. The van der Waals surface area contributed by atoms with E-state index in [0.29, 0.717) is 32.2 Å². The van der Waals surface area contributed by atoms with Gasteiger partial charge in [0.1, 0.15) is 5.60 Å². The van der Waals surface area contributed by atoms with Crippen LogP contribution in [0.15, 0.2) is 0 Å². The highest BCUT2D eigenvalue weighted by Crippen LogP contribution is 2.42. The third-order valence-corrected chi connectivity index (χ3v) is 3.81. The highest BCUT2D eigenvalue weighted by atomic mass is 16.6. The van der Waals surface area contributed by atoms with Crippen LogP contribution in [0.3, 0.4) is 0 Å². The van der Waals surface area contributed by atoms with Gasteiger partial charge in [-0.1, -0.05) is 0 Å². The Bertz CT molecular complexity index is 319.